The van der Waals surface area contributed by atoms with Gasteiger partial charge in [-0.1, -0.05) is 43.3 Å². The molecule has 0 amide bonds. The van der Waals surface area contributed by atoms with Crippen LogP contribution >= 0.6 is 0 Å². The molecule has 0 aromatic heterocycles. The first-order valence-corrected chi connectivity index (χ1v) is 10.3. The van der Waals surface area contributed by atoms with E-state index in [1.165, 1.54) is 18.7 Å². The first kappa shape index (κ1) is 19.9. The lowest BCUT2D eigenvalue weighted by Gasteiger charge is -2.11. The zero-order chi connectivity index (χ0) is 20.1. The van der Waals surface area contributed by atoms with Gasteiger partial charge in [0, 0.05) is 11.6 Å². The summed E-state index contributed by atoms with van der Waals surface area (Å²) in [4.78, 5) is -0.188. The van der Waals surface area contributed by atoms with Crippen molar-refractivity contribution in [3.63, 3.8) is 0 Å². The second-order valence-corrected chi connectivity index (χ2v) is 7.71. The molecule has 0 bridgehead atoms. The molecule has 0 aliphatic heterocycles. The van der Waals surface area contributed by atoms with E-state index in [0.717, 1.165) is 17.7 Å². The van der Waals surface area contributed by atoms with Gasteiger partial charge in [0.25, 0.3) is 10.1 Å². The molecule has 0 atom stereocenters. The van der Waals surface area contributed by atoms with Crippen molar-refractivity contribution in [1.82, 2.24) is 0 Å². The van der Waals surface area contributed by atoms with E-state index < -0.39 is 10.1 Å². The molecule has 3 aromatic carbocycles. The topological polar surface area (TPSA) is 72.8 Å². The molecule has 0 saturated heterocycles. The molecule has 0 radical (unpaired) electrons. The van der Waals surface area contributed by atoms with Crippen molar-refractivity contribution >= 4 is 10.1 Å². The van der Waals surface area contributed by atoms with Gasteiger partial charge < -0.3 is 9.47 Å². The van der Waals surface area contributed by atoms with Gasteiger partial charge in [-0.3, -0.25) is 4.55 Å². The molecule has 6 heteroatoms. The summed E-state index contributed by atoms with van der Waals surface area (Å²) in [6.45, 7) is 2.51. The van der Waals surface area contributed by atoms with Crippen LogP contribution in [0.15, 0.2) is 71.6 Å². The summed E-state index contributed by atoms with van der Waals surface area (Å²) in [5.41, 5.74) is 3.29. The predicted octanol–water partition coefficient (Wildman–Crippen LogP) is 4.75. The largest absolute Gasteiger partial charge is 0.497 e. The highest BCUT2D eigenvalue weighted by molar-refractivity contribution is 7.86. The van der Waals surface area contributed by atoms with Crippen LogP contribution in [-0.2, 0) is 23.1 Å². The standard InChI is InChI=1S/C22H22O5S/c1-3-16-6-10-19(11-7-16)27-15-17-4-8-18(9-5-17)21-13-12-20(26-2)14-22(21)28(23,24)25/h4-14H,3,15H2,1-2H3,(H,23,24,25). The molecule has 146 valence electrons. The summed E-state index contributed by atoms with van der Waals surface area (Å²) in [6, 6.07) is 19.9. The second kappa shape index (κ2) is 8.46. The number of aryl methyl sites for hydroxylation is 1. The van der Waals surface area contributed by atoms with Crippen LogP contribution in [-0.4, -0.2) is 20.1 Å². The van der Waals surface area contributed by atoms with E-state index in [4.69, 9.17) is 9.47 Å². The van der Waals surface area contributed by atoms with Gasteiger partial charge >= 0.3 is 0 Å². The van der Waals surface area contributed by atoms with E-state index in [0.29, 0.717) is 23.5 Å². The molecule has 0 aliphatic carbocycles. The van der Waals surface area contributed by atoms with Crippen molar-refractivity contribution in [3.05, 3.63) is 77.9 Å². The lowest BCUT2D eigenvalue weighted by Crippen LogP contribution is -2.02. The smallest absolute Gasteiger partial charge is 0.295 e. The lowest BCUT2D eigenvalue weighted by molar-refractivity contribution is 0.306. The van der Waals surface area contributed by atoms with E-state index in [2.05, 4.69) is 6.92 Å². The minimum Gasteiger partial charge on any atom is -0.497 e. The van der Waals surface area contributed by atoms with Gasteiger partial charge in [-0.2, -0.15) is 8.42 Å². The highest BCUT2D eigenvalue weighted by Gasteiger charge is 2.18. The highest BCUT2D eigenvalue weighted by atomic mass is 32.2. The summed E-state index contributed by atoms with van der Waals surface area (Å²) in [6.07, 6.45) is 0.985. The first-order valence-electron chi connectivity index (χ1n) is 8.87. The molecule has 0 heterocycles. The number of rotatable bonds is 7. The molecule has 0 saturated carbocycles. The van der Waals surface area contributed by atoms with Crippen molar-refractivity contribution in [2.45, 2.75) is 24.8 Å². The molecule has 28 heavy (non-hydrogen) atoms. The van der Waals surface area contributed by atoms with Crippen LogP contribution < -0.4 is 9.47 Å². The minimum absolute atomic E-state index is 0.188. The predicted molar refractivity (Wildman–Crippen MR) is 108 cm³/mol. The van der Waals surface area contributed by atoms with E-state index in [-0.39, 0.29) is 4.90 Å². The Hall–Kier alpha value is -2.83. The number of ether oxygens (including phenoxy) is 2. The van der Waals surface area contributed by atoms with Crippen LogP contribution in [0.4, 0.5) is 0 Å². The normalized spacial score (nSPS) is 11.2. The van der Waals surface area contributed by atoms with Crippen LogP contribution in [0.1, 0.15) is 18.1 Å². The fourth-order valence-electron chi connectivity index (χ4n) is 2.85. The Morgan fingerprint density at radius 1 is 0.857 bits per heavy atom. The third kappa shape index (κ3) is 4.71. The van der Waals surface area contributed by atoms with Crippen molar-refractivity contribution in [2.75, 3.05) is 7.11 Å². The van der Waals surface area contributed by atoms with E-state index in [9.17, 15) is 13.0 Å². The summed E-state index contributed by atoms with van der Waals surface area (Å²) in [5.74, 6) is 1.15. The van der Waals surface area contributed by atoms with E-state index >= 15 is 0 Å². The average molecular weight is 398 g/mol. The maximum absolute atomic E-state index is 11.7. The molecule has 3 rings (SSSR count). The van der Waals surface area contributed by atoms with Gasteiger partial charge in [-0.15, -0.1) is 0 Å². The van der Waals surface area contributed by atoms with Crippen LogP contribution in [0, 0.1) is 0 Å². The minimum atomic E-state index is -4.38. The zero-order valence-corrected chi connectivity index (χ0v) is 16.6. The summed E-state index contributed by atoms with van der Waals surface area (Å²) >= 11 is 0. The van der Waals surface area contributed by atoms with Crippen LogP contribution in [0.3, 0.4) is 0 Å². The fraction of sp³-hybridized carbons (Fsp3) is 0.182. The monoisotopic (exact) mass is 398 g/mol. The Kier molecular flexibility index (Phi) is 6.02. The quantitative estimate of drug-likeness (QED) is 0.582. The number of methoxy groups -OCH3 is 1. The molecule has 1 N–H and O–H groups in total. The molecule has 0 aliphatic rings. The Morgan fingerprint density at radius 3 is 2.04 bits per heavy atom. The van der Waals surface area contributed by atoms with E-state index in [1.807, 2.05) is 36.4 Å². The number of hydrogen-bond donors (Lipinski definition) is 1. The van der Waals surface area contributed by atoms with E-state index in [1.54, 1.807) is 24.3 Å². The van der Waals surface area contributed by atoms with Crippen molar-refractivity contribution in [2.24, 2.45) is 0 Å². The summed E-state index contributed by atoms with van der Waals surface area (Å²) in [5, 5.41) is 0. The number of benzene rings is 3. The second-order valence-electron chi connectivity index (χ2n) is 6.32. The Balaban J connectivity index is 1.79. The van der Waals surface area contributed by atoms with Gasteiger partial charge in [-0.05, 0) is 47.4 Å². The molecule has 5 nitrogen and oxygen atoms in total. The van der Waals surface area contributed by atoms with Gasteiger partial charge in [-0.25, -0.2) is 0 Å². The maximum Gasteiger partial charge on any atom is 0.295 e. The van der Waals surface area contributed by atoms with Crippen molar-refractivity contribution in [1.29, 1.82) is 0 Å². The van der Waals surface area contributed by atoms with Crippen LogP contribution in [0.2, 0.25) is 0 Å². The number of hydrogen-bond acceptors (Lipinski definition) is 4. The van der Waals surface area contributed by atoms with Crippen molar-refractivity contribution < 1.29 is 22.4 Å². The van der Waals surface area contributed by atoms with Crippen LogP contribution in [0.5, 0.6) is 11.5 Å². The third-order valence-corrected chi connectivity index (χ3v) is 5.36. The van der Waals surface area contributed by atoms with Gasteiger partial charge in [0.2, 0.25) is 0 Å². The Morgan fingerprint density at radius 2 is 1.46 bits per heavy atom. The molecule has 0 fully saturated rings. The molecular formula is C22H22O5S. The molecular weight excluding hydrogens is 376 g/mol. The molecule has 0 spiro atoms. The maximum atomic E-state index is 11.7. The third-order valence-electron chi connectivity index (χ3n) is 4.47. The molecule has 0 unspecified atom stereocenters. The first-order chi connectivity index (χ1) is 13.4. The summed E-state index contributed by atoms with van der Waals surface area (Å²) < 4.78 is 43.9. The summed E-state index contributed by atoms with van der Waals surface area (Å²) in [7, 11) is -2.94. The van der Waals surface area contributed by atoms with Crippen molar-refractivity contribution in [3.8, 4) is 22.6 Å². The SMILES string of the molecule is CCc1ccc(OCc2ccc(-c3ccc(OC)cc3S(=O)(=O)O)cc2)cc1. The Bertz CT molecular complexity index is 1040. The Labute approximate surface area is 165 Å². The lowest BCUT2D eigenvalue weighted by atomic mass is 10.0. The fourth-order valence-corrected chi connectivity index (χ4v) is 3.58. The van der Waals surface area contributed by atoms with Gasteiger partial charge in [0.05, 0.1) is 7.11 Å². The zero-order valence-electron chi connectivity index (χ0n) is 15.8. The molecule has 3 aromatic rings. The van der Waals surface area contributed by atoms with Gasteiger partial charge in [0.15, 0.2) is 0 Å². The van der Waals surface area contributed by atoms with Crippen LogP contribution in [0.25, 0.3) is 11.1 Å². The average Bonchev–Trinajstić information content (AvgIpc) is 2.72. The highest BCUT2D eigenvalue weighted by Crippen LogP contribution is 2.31. The van der Waals surface area contributed by atoms with Gasteiger partial charge in [0.1, 0.15) is 23.0 Å².